The van der Waals surface area contributed by atoms with E-state index in [1.807, 2.05) is 0 Å². The number of nitrogens with two attached hydrogens (primary N) is 1. The lowest BCUT2D eigenvalue weighted by Gasteiger charge is -2.20. The summed E-state index contributed by atoms with van der Waals surface area (Å²) in [7, 11) is 0. The van der Waals surface area contributed by atoms with E-state index in [1.54, 1.807) is 6.07 Å². The van der Waals surface area contributed by atoms with Gasteiger partial charge in [-0.15, -0.1) is 0 Å². The van der Waals surface area contributed by atoms with Crippen molar-refractivity contribution in [3.63, 3.8) is 0 Å². The number of hydrogen-bond acceptors (Lipinski definition) is 7. The summed E-state index contributed by atoms with van der Waals surface area (Å²) in [5, 5.41) is 21.2. The lowest BCUT2D eigenvalue weighted by atomic mass is 10.1. The van der Waals surface area contributed by atoms with Crippen LogP contribution in [-0.2, 0) is 0 Å². The number of hydrazine groups is 1. The highest BCUT2D eigenvalue weighted by molar-refractivity contribution is 5.45. The standard InChI is InChI=1S/C8H15N5O2/c1-8(15,4-14)3-10-6-2-7(13-9)12-5-11-6/h2,5,14-15H,3-4,9H2,1H3,(H2,10,11,12,13). The zero-order valence-electron chi connectivity index (χ0n) is 8.44. The summed E-state index contributed by atoms with van der Waals surface area (Å²) in [6.07, 6.45) is 1.34. The van der Waals surface area contributed by atoms with Crippen molar-refractivity contribution in [3.8, 4) is 0 Å². The maximum absolute atomic E-state index is 9.51. The van der Waals surface area contributed by atoms with Crippen LogP contribution in [0.15, 0.2) is 12.4 Å². The SMILES string of the molecule is CC(O)(CO)CNc1cc(NN)ncn1. The molecular formula is C8H15N5O2. The number of aliphatic hydroxyl groups is 2. The van der Waals surface area contributed by atoms with E-state index in [0.29, 0.717) is 11.6 Å². The van der Waals surface area contributed by atoms with Crippen molar-refractivity contribution in [1.82, 2.24) is 9.97 Å². The minimum Gasteiger partial charge on any atom is -0.393 e. The number of nitrogens with zero attached hydrogens (tertiary/aromatic N) is 2. The lowest BCUT2D eigenvalue weighted by molar-refractivity contribution is 0.0132. The van der Waals surface area contributed by atoms with Crippen LogP contribution in [0.1, 0.15) is 6.92 Å². The van der Waals surface area contributed by atoms with Gasteiger partial charge < -0.3 is 21.0 Å². The zero-order valence-corrected chi connectivity index (χ0v) is 8.44. The maximum Gasteiger partial charge on any atom is 0.145 e. The fourth-order valence-electron chi connectivity index (χ4n) is 0.870. The first kappa shape index (κ1) is 11.6. The maximum atomic E-state index is 9.51. The van der Waals surface area contributed by atoms with Crippen molar-refractivity contribution in [2.75, 3.05) is 23.9 Å². The molecule has 1 rings (SSSR count). The minimum atomic E-state index is -1.18. The molecule has 1 unspecified atom stereocenters. The summed E-state index contributed by atoms with van der Waals surface area (Å²) in [6, 6.07) is 1.59. The van der Waals surface area contributed by atoms with Crippen molar-refractivity contribution in [3.05, 3.63) is 12.4 Å². The molecule has 7 nitrogen and oxygen atoms in total. The van der Waals surface area contributed by atoms with E-state index in [4.69, 9.17) is 10.9 Å². The van der Waals surface area contributed by atoms with E-state index >= 15 is 0 Å². The summed E-state index contributed by atoms with van der Waals surface area (Å²) in [5.41, 5.74) is 1.20. The van der Waals surface area contributed by atoms with Crippen LogP contribution in [0.3, 0.4) is 0 Å². The van der Waals surface area contributed by atoms with Gasteiger partial charge in [0.15, 0.2) is 0 Å². The van der Waals surface area contributed by atoms with Crippen molar-refractivity contribution < 1.29 is 10.2 Å². The molecule has 0 aliphatic heterocycles. The zero-order chi connectivity index (χ0) is 11.3. The molecule has 1 heterocycles. The Morgan fingerprint density at radius 3 is 2.73 bits per heavy atom. The Hall–Kier alpha value is -1.44. The van der Waals surface area contributed by atoms with E-state index in [0.717, 1.165) is 0 Å². The number of anilines is 2. The predicted molar refractivity (Wildman–Crippen MR) is 56.0 cm³/mol. The summed E-state index contributed by atoms with van der Waals surface area (Å²) in [4.78, 5) is 7.74. The van der Waals surface area contributed by atoms with E-state index in [9.17, 15) is 5.11 Å². The topological polar surface area (TPSA) is 116 Å². The second-order valence-corrected chi connectivity index (χ2v) is 3.44. The largest absolute Gasteiger partial charge is 0.393 e. The van der Waals surface area contributed by atoms with Crippen molar-refractivity contribution >= 4 is 11.6 Å². The Morgan fingerprint density at radius 2 is 2.13 bits per heavy atom. The van der Waals surface area contributed by atoms with Crippen molar-refractivity contribution in [1.29, 1.82) is 0 Å². The molecule has 0 fully saturated rings. The van der Waals surface area contributed by atoms with Gasteiger partial charge in [-0.25, -0.2) is 15.8 Å². The van der Waals surface area contributed by atoms with Crippen LogP contribution >= 0.6 is 0 Å². The van der Waals surface area contributed by atoms with Gasteiger partial charge in [-0.05, 0) is 6.92 Å². The molecule has 0 aromatic carbocycles. The molecule has 7 heteroatoms. The molecule has 1 aromatic heterocycles. The molecule has 6 N–H and O–H groups in total. The third kappa shape index (κ3) is 3.66. The molecule has 1 atom stereocenters. The third-order valence-electron chi connectivity index (χ3n) is 1.81. The van der Waals surface area contributed by atoms with Crippen LogP contribution < -0.4 is 16.6 Å². The first-order valence-corrected chi connectivity index (χ1v) is 4.43. The molecule has 84 valence electrons. The van der Waals surface area contributed by atoms with E-state index in [-0.39, 0.29) is 13.2 Å². The Balaban J connectivity index is 2.57. The Kier molecular flexibility index (Phi) is 3.78. The van der Waals surface area contributed by atoms with Gasteiger partial charge in [0.2, 0.25) is 0 Å². The van der Waals surface area contributed by atoms with Crippen LogP contribution in [0.4, 0.5) is 11.6 Å². The fraction of sp³-hybridized carbons (Fsp3) is 0.500. The second kappa shape index (κ2) is 4.87. The smallest absolute Gasteiger partial charge is 0.145 e. The molecule has 15 heavy (non-hydrogen) atoms. The first-order chi connectivity index (χ1) is 7.07. The first-order valence-electron chi connectivity index (χ1n) is 4.43. The van der Waals surface area contributed by atoms with Crippen LogP contribution in [-0.4, -0.2) is 38.9 Å². The highest BCUT2D eigenvalue weighted by atomic mass is 16.3. The fourth-order valence-corrected chi connectivity index (χ4v) is 0.870. The van der Waals surface area contributed by atoms with E-state index in [2.05, 4.69) is 20.7 Å². The van der Waals surface area contributed by atoms with Crippen molar-refractivity contribution in [2.24, 2.45) is 5.84 Å². The van der Waals surface area contributed by atoms with Crippen LogP contribution in [0.2, 0.25) is 0 Å². The summed E-state index contributed by atoms with van der Waals surface area (Å²) in [6.45, 7) is 1.38. The normalized spacial score (nSPS) is 14.4. The summed E-state index contributed by atoms with van der Waals surface area (Å²) >= 11 is 0. The molecule has 0 radical (unpaired) electrons. The van der Waals surface area contributed by atoms with Crippen LogP contribution in [0.5, 0.6) is 0 Å². The molecule has 0 aliphatic carbocycles. The van der Waals surface area contributed by atoms with Gasteiger partial charge >= 0.3 is 0 Å². The molecule has 0 saturated carbocycles. The molecule has 0 saturated heterocycles. The van der Waals surface area contributed by atoms with Gasteiger partial charge in [0.1, 0.15) is 23.6 Å². The Morgan fingerprint density at radius 1 is 1.47 bits per heavy atom. The monoisotopic (exact) mass is 213 g/mol. The molecule has 0 bridgehead atoms. The number of hydrogen-bond donors (Lipinski definition) is 5. The number of nitrogens with one attached hydrogen (secondary N) is 2. The quantitative estimate of drug-likeness (QED) is 0.312. The Bertz CT molecular complexity index is 318. The third-order valence-corrected chi connectivity index (χ3v) is 1.81. The second-order valence-electron chi connectivity index (χ2n) is 3.44. The van der Waals surface area contributed by atoms with Crippen molar-refractivity contribution in [2.45, 2.75) is 12.5 Å². The van der Waals surface area contributed by atoms with E-state index in [1.165, 1.54) is 13.3 Å². The lowest BCUT2D eigenvalue weighted by Crippen LogP contribution is -2.37. The number of rotatable bonds is 5. The molecule has 0 spiro atoms. The number of aliphatic hydroxyl groups excluding tert-OH is 1. The molecular weight excluding hydrogens is 198 g/mol. The molecule has 0 aliphatic rings. The highest BCUT2D eigenvalue weighted by Crippen LogP contribution is 2.09. The van der Waals surface area contributed by atoms with E-state index < -0.39 is 5.60 Å². The number of aromatic nitrogens is 2. The Labute approximate surface area is 87.3 Å². The van der Waals surface area contributed by atoms with Gasteiger partial charge in [0.05, 0.1) is 6.61 Å². The average Bonchev–Trinajstić information content (AvgIpc) is 2.27. The van der Waals surface area contributed by atoms with Gasteiger partial charge in [-0.3, -0.25) is 0 Å². The summed E-state index contributed by atoms with van der Waals surface area (Å²) in [5.74, 6) is 6.16. The van der Waals surface area contributed by atoms with Gasteiger partial charge in [0.25, 0.3) is 0 Å². The number of nitrogen functional groups attached to an aromatic ring is 1. The van der Waals surface area contributed by atoms with Gasteiger partial charge in [-0.2, -0.15) is 0 Å². The highest BCUT2D eigenvalue weighted by Gasteiger charge is 2.18. The minimum absolute atomic E-state index is 0.185. The average molecular weight is 213 g/mol. The van der Waals surface area contributed by atoms with Crippen LogP contribution in [0.25, 0.3) is 0 Å². The predicted octanol–water partition coefficient (Wildman–Crippen LogP) is -1.08. The van der Waals surface area contributed by atoms with Gasteiger partial charge in [-0.1, -0.05) is 0 Å². The van der Waals surface area contributed by atoms with Crippen LogP contribution in [0, 0.1) is 0 Å². The molecule has 1 aromatic rings. The van der Waals surface area contributed by atoms with Gasteiger partial charge in [0, 0.05) is 12.6 Å². The summed E-state index contributed by atoms with van der Waals surface area (Å²) < 4.78 is 0. The molecule has 0 amide bonds.